The molecule has 1 aliphatic rings. The van der Waals surface area contributed by atoms with Gasteiger partial charge in [-0.3, -0.25) is 0 Å². The van der Waals surface area contributed by atoms with Gasteiger partial charge in [-0.2, -0.15) is 0 Å². The molecule has 1 N–H and O–H groups in total. The fourth-order valence-corrected chi connectivity index (χ4v) is 1.83. The van der Waals surface area contributed by atoms with Crippen LogP contribution in [0.5, 0.6) is 0 Å². The first-order chi connectivity index (χ1) is 7.70. The van der Waals surface area contributed by atoms with E-state index >= 15 is 0 Å². The average Bonchev–Trinajstić information content (AvgIpc) is 3.10. The maximum Gasteiger partial charge on any atom is 0.128 e. The second-order valence-electron chi connectivity index (χ2n) is 4.61. The van der Waals surface area contributed by atoms with Gasteiger partial charge in [-0.05, 0) is 44.2 Å². The lowest BCUT2D eigenvalue weighted by Gasteiger charge is -2.22. The number of hydrogen-bond donors (Lipinski definition) is 1. The van der Waals surface area contributed by atoms with Crippen molar-refractivity contribution in [1.29, 1.82) is 0 Å². The molecule has 0 radical (unpaired) electrons. The van der Waals surface area contributed by atoms with Crippen LogP contribution in [0.1, 0.15) is 38.4 Å². The van der Waals surface area contributed by atoms with E-state index in [2.05, 4.69) is 16.8 Å². The monoisotopic (exact) mass is 220 g/mol. The summed E-state index contributed by atoms with van der Waals surface area (Å²) in [6, 6.07) is 3.97. The van der Waals surface area contributed by atoms with Crippen molar-refractivity contribution in [2.75, 3.05) is 18.0 Å². The molecule has 1 aliphatic carbocycles. The van der Waals surface area contributed by atoms with E-state index in [0.717, 1.165) is 30.4 Å². The van der Waals surface area contributed by atoms with Gasteiger partial charge < -0.3 is 10.0 Å². The van der Waals surface area contributed by atoms with Crippen LogP contribution >= 0.6 is 0 Å². The molecule has 3 nitrogen and oxygen atoms in total. The zero-order valence-corrected chi connectivity index (χ0v) is 10.1. The molecule has 0 spiro atoms. The SMILES string of the molecule is CCN(CC1CC1)c1ccc([C@H](C)O)cn1. The largest absolute Gasteiger partial charge is 0.389 e. The highest BCUT2D eigenvalue weighted by atomic mass is 16.3. The van der Waals surface area contributed by atoms with E-state index in [-0.39, 0.29) is 0 Å². The molecule has 0 bridgehead atoms. The Hall–Kier alpha value is -1.09. The highest BCUT2D eigenvalue weighted by molar-refractivity contribution is 5.39. The summed E-state index contributed by atoms with van der Waals surface area (Å²) in [4.78, 5) is 6.73. The molecule has 0 aliphatic heterocycles. The summed E-state index contributed by atoms with van der Waals surface area (Å²) < 4.78 is 0. The van der Waals surface area contributed by atoms with Crippen molar-refractivity contribution in [2.45, 2.75) is 32.8 Å². The molecular formula is C13H20N2O. The van der Waals surface area contributed by atoms with E-state index in [1.165, 1.54) is 12.8 Å². The van der Waals surface area contributed by atoms with Gasteiger partial charge in [0, 0.05) is 19.3 Å². The Morgan fingerprint density at radius 2 is 2.25 bits per heavy atom. The number of aliphatic hydroxyl groups is 1. The van der Waals surface area contributed by atoms with Crippen molar-refractivity contribution in [3.05, 3.63) is 23.9 Å². The molecule has 88 valence electrons. The van der Waals surface area contributed by atoms with E-state index in [0.29, 0.717) is 0 Å². The Kier molecular flexibility index (Phi) is 3.44. The van der Waals surface area contributed by atoms with Crippen LogP contribution in [-0.2, 0) is 0 Å². The Bertz CT molecular complexity index is 330. The summed E-state index contributed by atoms with van der Waals surface area (Å²) in [6.45, 7) is 6.04. The summed E-state index contributed by atoms with van der Waals surface area (Å²) in [7, 11) is 0. The molecule has 3 heteroatoms. The van der Waals surface area contributed by atoms with Crippen LogP contribution in [0.15, 0.2) is 18.3 Å². The van der Waals surface area contributed by atoms with Crippen molar-refractivity contribution in [1.82, 2.24) is 4.98 Å². The molecule has 0 aromatic carbocycles. The number of nitrogens with zero attached hydrogens (tertiary/aromatic N) is 2. The Labute approximate surface area is 97.1 Å². The lowest BCUT2D eigenvalue weighted by molar-refractivity contribution is 0.199. The van der Waals surface area contributed by atoms with Crippen LogP contribution in [0, 0.1) is 5.92 Å². The molecule has 1 atom stereocenters. The Morgan fingerprint density at radius 3 is 2.69 bits per heavy atom. The molecule has 1 heterocycles. The topological polar surface area (TPSA) is 36.4 Å². The van der Waals surface area contributed by atoms with Crippen molar-refractivity contribution in [2.24, 2.45) is 5.92 Å². The first-order valence-electron chi connectivity index (χ1n) is 6.09. The zero-order chi connectivity index (χ0) is 11.5. The summed E-state index contributed by atoms with van der Waals surface area (Å²) >= 11 is 0. The average molecular weight is 220 g/mol. The van der Waals surface area contributed by atoms with Gasteiger partial charge in [-0.15, -0.1) is 0 Å². The summed E-state index contributed by atoms with van der Waals surface area (Å²) in [5, 5.41) is 9.41. The lowest BCUT2D eigenvalue weighted by atomic mass is 10.2. The van der Waals surface area contributed by atoms with Crippen LogP contribution in [0.4, 0.5) is 5.82 Å². The number of hydrogen-bond acceptors (Lipinski definition) is 3. The van der Waals surface area contributed by atoms with Gasteiger partial charge in [0.05, 0.1) is 6.10 Å². The first kappa shape index (κ1) is 11.4. The standard InChI is InChI=1S/C13H20N2O/c1-3-15(9-11-4-5-11)13-7-6-12(8-14-13)10(2)16/h6-8,10-11,16H,3-5,9H2,1-2H3/t10-/m0/s1. The Balaban J connectivity index is 2.05. The molecule has 0 unspecified atom stereocenters. The summed E-state index contributed by atoms with van der Waals surface area (Å²) in [6.07, 6.45) is 4.07. The molecule has 1 aromatic rings. The van der Waals surface area contributed by atoms with E-state index in [9.17, 15) is 5.11 Å². The predicted octanol–water partition coefficient (Wildman–Crippen LogP) is 2.37. The smallest absolute Gasteiger partial charge is 0.128 e. The van der Waals surface area contributed by atoms with Gasteiger partial charge in [0.15, 0.2) is 0 Å². The molecule has 16 heavy (non-hydrogen) atoms. The maximum absolute atomic E-state index is 9.41. The normalized spacial score (nSPS) is 17.2. The van der Waals surface area contributed by atoms with Crippen molar-refractivity contribution in [3.8, 4) is 0 Å². The minimum absolute atomic E-state index is 0.431. The van der Waals surface area contributed by atoms with Crippen LogP contribution in [0.2, 0.25) is 0 Å². The second kappa shape index (κ2) is 4.83. The van der Waals surface area contributed by atoms with Crippen LogP contribution < -0.4 is 4.90 Å². The summed E-state index contributed by atoms with van der Waals surface area (Å²) in [5.41, 5.74) is 0.881. The number of anilines is 1. The van der Waals surface area contributed by atoms with Gasteiger partial charge >= 0.3 is 0 Å². The van der Waals surface area contributed by atoms with Gasteiger partial charge in [-0.1, -0.05) is 6.07 Å². The third kappa shape index (κ3) is 2.73. The highest BCUT2D eigenvalue weighted by Crippen LogP contribution is 2.31. The third-order valence-electron chi connectivity index (χ3n) is 3.13. The maximum atomic E-state index is 9.41. The van der Waals surface area contributed by atoms with Gasteiger partial charge in [0.1, 0.15) is 5.82 Å². The third-order valence-corrected chi connectivity index (χ3v) is 3.13. The van der Waals surface area contributed by atoms with E-state index in [1.807, 2.05) is 12.1 Å². The lowest BCUT2D eigenvalue weighted by Crippen LogP contribution is -2.26. The molecule has 1 fully saturated rings. The van der Waals surface area contributed by atoms with E-state index in [4.69, 9.17) is 0 Å². The molecule has 1 saturated carbocycles. The Morgan fingerprint density at radius 1 is 1.50 bits per heavy atom. The molecule has 2 rings (SSSR count). The van der Waals surface area contributed by atoms with Crippen LogP contribution in [0.3, 0.4) is 0 Å². The van der Waals surface area contributed by atoms with Crippen molar-refractivity contribution >= 4 is 5.82 Å². The van der Waals surface area contributed by atoms with Gasteiger partial charge in [-0.25, -0.2) is 4.98 Å². The number of aliphatic hydroxyl groups excluding tert-OH is 1. The quantitative estimate of drug-likeness (QED) is 0.827. The number of pyridine rings is 1. The predicted molar refractivity (Wildman–Crippen MR) is 65.5 cm³/mol. The highest BCUT2D eigenvalue weighted by Gasteiger charge is 2.24. The number of rotatable bonds is 5. The van der Waals surface area contributed by atoms with E-state index in [1.54, 1.807) is 13.1 Å². The molecular weight excluding hydrogens is 200 g/mol. The minimum atomic E-state index is -0.431. The fourth-order valence-electron chi connectivity index (χ4n) is 1.83. The molecule has 0 saturated heterocycles. The first-order valence-corrected chi connectivity index (χ1v) is 6.09. The van der Waals surface area contributed by atoms with Crippen LogP contribution in [-0.4, -0.2) is 23.2 Å². The zero-order valence-electron chi connectivity index (χ0n) is 10.1. The van der Waals surface area contributed by atoms with Crippen LogP contribution in [0.25, 0.3) is 0 Å². The van der Waals surface area contributed by atoms with Crippen molar-refractivity contribution < 1.29 is 5.11 Å². The van der Waals surface area contributed by atoms with E-state index < -0.39 is 6.10 Å². The fraction of sp³-hybridized carbons (Fsp3) is 0.615. The summed E-state index contributed by atoms with van der Waals surface area (Å²) in [5.74, 6) is 1.90. The second-order valence-corrected chi connectivity index (χ2v) is 4.61. The molecule has 1 aromatic heterocycles. The number of aromatic nitrogens is 1. The van der Waals surface area contributed by atoms with Crippen molar-refractivity contribution in [3.63, 3.8) is 0 Å². The van der Waals surface area contributed by atoms with Gasteiger partial charge in [0.25, 0.3) is 0 Å². The minimum Gasteiger partial charge on any atom is -0.389 e. The van der Waals surface area contributed by atoms with Gasteiger partial charge in [0.2, 0.25) is 0 Å². The molecule has 0 amide bonds.